The molecule has 0 aliphatic carbocycles. The molecule has 0 bridgehead atoms. The van der Waals surface area contributed by atoms with Crippen LogP contribution in [0, 0.1) is 0 Å². The molecule has 2 aromatic heterocycles. The third-order valence-electron chi connectivity index (χ3n) is 5.67. The summed E-state index contributed by atoms with van der Waals surface area (Å²) in [5.74, 6) is -0.529. The van der Waals surface area contributed by atoms with E-state index >= 15 is 0 Å². The maximum Gasteiger partial charge on any atom is 0.416 e. The third kappa shape index (κ3) is 4.96. The Labute approximate surface area is 199 Å². The standard InChI is InChI=1S/C25H24F3N5O2/c1-15(2)22-20-13-29-33(19-7-5-4-6-8-19)23(20)24(35)32(31-22)14-21(34)30-16(3)17-9-11-18(12-10-17)25(26,27)28/h4-13,15-16H,14H2,1-3H3,(H,30,34)/t16-/m0/s1. The highest BCUT2D eigenvalue weighted by Crippen LogP contribution is 2.30. The molecule has 1 atom stereocenters. The summed E-state index contributed by atoms with van der Waals surface area (Å²) in [4.78, 5) is 26.1. The summed E-state index contributed by atoms with van der Waals surface area (Å²) in [6.45, 7) is 5.18. The third-order valence-corrected chi connectivity index (χ3v) is 5.67. The zero-order valence-electron chi connectivity index (χ0n) is 19.4. The van der Waals surface area contributed by atoms with E-state index in [0.717, 1.165) is 16.8 Å². The van der Waals surface area contributed by atoms with E-state index in [-0.39, 0.29) is 12.5 Å². The molecule has 0 fully saturated rings. The van der Waals surface area contributed by atoms with E-state index in [1.54, 1.807) is 13.1 Å². The minimum absolute atomic E-state index is 0.0353. The lowest BCUT2D eigenvalue weighted by Crippen LogP contribution is -2.36. The zero-order chi connectivity index (χ0) is 25.3. The van der Waals surface area contributed by atoms with Crippen molar-refractivity contribution in [2.24, 2.45) is 0 Å². The van der Waals surface area contributed by atoms with Gasteiger partial charge in [-0.05, 0) is 42.7 Å². The van der Waals surface area contributed by atoms with Gasteiger partial charge in [-0.15, -0.1) is 0 Å². The SMILES string of the molecule is CC(C)c1nn(CC(=O)N[C@@H](C)c2ccc(C(F)(F)F)cc2)c(=O)c2c1cnn2-c1ccccc1. The highest BCUT2D eigenvalue weighted by atomic mass is 19.4. The molecule has 0 spiro atoms. The fourth-order valence-corrected chi connectivity index (χ4v) is 3.86. The van der Waals surface area contributed by atoms with Crippen molar-refractivity contribution in [3.05, 3.63) is 88.0 Å². The second kappa shape index (κ2) is 9.36. The summed E-state index contributed by atoms with van der Waals surface area (Å²) in [6.07, 6.45) is -2.83. The summed E-state index contributed by atoms with van der Waals surface area (Å²) in [5.41, 5.74) is 0.923. The van der Waals surface area contributed by atoms with E-state index < -0.39 is 29.2 Å². The lowest BCUT2D eigenvalue weighted by atomic mass is 10.1. The van der Waals surface area contributed by atoms with Crippen molar-refractivity contribution in [3.63, 3.8) is 0 Å². The number of alkyl halides is 3. The maximum absolute atomic E-state index is 13.3. The molecule has 4 aromatic rings. The number of rotatable bonds is 6. The van der Waals surface area contributed by atoms with Crippen LogP contribution in [-0.4, -0.2) is 25.5 Å². The molecule has 10 heteroatoms. The van der Waals surface area contributed by atoms with Crippen LogP contribution < -0.4 is 10.9 Å². The first kappa shape index (κ1) is 24.2. The minimum Gasteiger partial charge on any atom is -0.348 e. The summed E-state index contributed by atoms with van der Waals surface area (Å²) in [5, 5.41) is 12.2. The van der Waals surface area contributed by atoms with Gasteiger partial charge in [-0.1, -0.05) is 44.2 Å². The number of amides is 1. The minimum atomic E-state index is -4.43. The lowest BCUT2D eigenvalue weighted by Gasteiger charge is -2.16. The number of benzene rings is 2. The first-order valence-electron chi connectivity index (χ1n) is 11.1. The van der Waals surface area contributed by atoms with E-state index in [1.165, 1.54) is 16.8 Å². The van der Waals surface area contributed by atoms with Gasteiger partial charge in [0.25, 0.3) is 5.56 Å². The molecule has 0 saturated heterocycles. The highest BCUT2D eigenvalue weighted by molar-refractivity contribution is 5.82. The molecule has 1 amide bonds. The van der Waals surface area contributed by atoms with Crippen LogP contribution in [0.15, 0.2) is 65.6 Å². The summed E-state index contributed by atoms with van der Waals surface area (Å²) in [6, 6.07) is 13.2. The topological polar surface area (TPSA) is 81.8 Å². The fraction of sp³-hybridized carbons (Fsp3) is 0.280. The molecule has 0 saturated carbocycles. The number of carbonyl (C=O) groups is 1. The van der Waals surface area contributed by atoms with Crippen molar-refractivity contribution < 1.29 is 18.0 Å². The molecular weight excluding hydrogens is 459 g/mol. The van der Waals surface area contributed by atoms with Gasteiger partial charge < -0.3 is 5.32 Å². The maximum atomic E-state index is 13.3. The van der Waals surface area contributed by atoms with Gasteiger partial charge in [0.05, 0.1) is 29.2 Å². The van der Waals surface area contributed by atoms with Gasteiger partial charge >= 0.3 is 6.18 Å². The van der Waals surface area contributed by atoms with Crippen molar-refractivity contribution in [1.82, 2.24) is 24.9 Å². The van der Waals surface area contributed by atoms with E-state index in [1.807, 2.05) is 44.2 Å². The molecule has 182 valence electrons. The molecule has 35 heavy (non-hydrogen) atoms. The van der Waals surface area contributed by atoms with Gasteiger partial charge in [-0.3, -0.25) is 9.59 Å². The molecule has 0 unspecified atom stereocenters. The van der Waals surface area contributed by atoms with Gasteiger partial charge in [-0.25, -0.2) is 9.36 Å². The molecule has 0 aliphatic rings. The van der Waals surface area contributed by atoms with Gasteiger partial charge in [-0.2, -0.15) is 23.4 Å². The quantitative estimate of drug-likeness (QED) is 0.435. The summed E-state index contributed by atoms with van der Waals surface area (Å²) >= 11 is 0. The predicted molar refractivity (Wildman–Crippen MR) is 125 cm³/mol. The van der Waals surface area contributed by atoms with Gasteiger partial charge in [0, 0.05) is 5.39 Å². The Bertz CT molecular complexity index is 1410. The van der Waals surface area contributed by atoms with Crippen LogP contribution in [0.1, 0.15) is 49.6 Å². The van der Waals surface area contributed by atoms with Crippen molar-refractivity contribution in [3.8, 4) is 5.69 Å². The largest absolute Gasteiger partial charge is 0.416 e. The lowest BCUT2D eigenvalue weighted by molar-refractivity contribution is -0.137. The van der Waals surface area contributed by atoms with Gasteiger partial charge in [0.2, 0.25) is 5.91 Å². The molecule has 7 nitrogen and oxygen atoms in total. The fourth-order valence-electron chi connectivity index (χ4n) is 3.86. The molecule has 0 aliphatic heterocycles. The van der Waals surface area contributed by atoms with Crippen molar-refractivity contribution in [1.29, 1.82) is 0 Å². The van der Waals surface area contributed by atoms with Crippen LogP contribution in [0.3, 0.4) is 0 Å². The number of hydrogen-bond donors (Lipinski definition) is 1. The number of fused-ring (bicyclic) bond motifs is 1. The Balaban J connectivity index is 1.63. The van der Waals surface area contributed by atoms with Crippen LogP contribution in [0.5, 0.6) is 0 Å². The second-order valence-corrected chi connectivity index (χ2v) is 8.57. The number of nitrogens with zero attached hydrogens (tertiary/aromatic N) is 4. The molecule has 2 aromatic carbocycles. The van der Waals surface area contributed by atoms with Crippen molar-refractivity contribution in [2.75, 3.05) is 0 Å². The van der Waals surface area contributed by atoms with E-state index in [9.17, 15) is 22.8 Å². The van der Waals surface area contributed by atoms with Crippen molar-refractivity contribution >= 4 is 16.8 Å². The monoisotopic (exact) mass is 483 g/mol. The molecule has 0 radical (unpaired) electrons. The summed E-state index contributed by atoms with van der Waals surface area (Å²) in [7, 11) is 0. The Hall–Kier alpha value is -3.95. The van der Waals surface area contributed by atoms with E-state index in [0.29, 0.717) is 27.8 Å². The number of nitrogens with one attached hydrogen (secondary N) is 1. The Kier molecular flexibility index (Phi) is 6.47. The first-order chi connectivity index (χ1) is 16.6. The molecule has 2 heterocycles. The van der Waals surface area contributed by atoms with Crippen molar-refractivity contribution in [2.45, 2.75) is 45.5 Å². The number of halogens is 3. The number of aromatic nitrogens is 4. The Morgan fingerprint density at radius 3 is 2.29 bits per heavy atom. The highest BCUT2D eigenvalue weighted by Gasteiger charge is 2.30. The van der Waals surface area contributed by atoms with E-state index in [2.05, 4.69) is 15.5 Å². The van der Waals surface area contributed by atoms with Crippen LogP contribution in [0.2, 0.25) is 0 Å². The zero-order valence-corrected chi connectivity index (χ0v) is 19.4. The van der Waals surface area contributed by atoms with Crippen LogP contribution >= 0.6 is 0 Å². The van der Waals surface area contributed by atoms with Gasteiger partial charge in [0.15, 0.2) is 0 Å². The average Bonchev–Trinajstić information content (AvgIpc) is 3.26. The number of hydrogen-bond acceptors (Lipinski definition) is 4. The summed E-state index contributed by atoms with van der Waals surface area (Å²) < 4.78 is 41.1. The smallest absolute Gasteiger partial charge is 0.348 e. The number of carbonyl (C=O) groups excluding carboxylic acids is 1. The Morgan fingerprint density at radius 2 is 1.69 bits per heavy atom. The first-order valence-corrected chi connectivity index (χ1v) is 11.1. The van der Waals surface area contributed by atoms with Crippen LogP contribution in [0.25, 0.3) is 16.6 Å². The van der Waals surface area contributed by atoms with Gasteiger partial charge in [0.1, 0.15) is 12.1 Å². The van der Waals surface area contributed by atoms with Crippen LogP contribution in [0.4, 0.5) is 13.2 Å². The number of para-hydroxylation sites is 1. The van der Waals surface area contributed by atoms with Crippen LogP contribution in [-0.2, 0) is 17.5 Å². The molecule has 4 rings (SSSR count). The Morgan fingerprint density at radius 1 is 1.03 bits per heavy atom. The second-order valence-electron chi connectivity index (χ2n) is 8.57. The molecular formula is C25H24F3N5O2. The normalized spacial score (nSPS) is 12.8. The average molecular weight is 483 g/mol. The molecule has 1 N–H and O–H groups in total. The predicted octanol–water partition coefficient (Wildman–Crippen LogP) is 4.60. The van der Waals surface area contributed by atoms with E-state index in [4.69, 9.17) is 0 Å².